The number of hydrogen-bond acceptors (Lipinski definition) is 5. The molecule has 7 heteroatoms. The highest BCUT2D eigenvalue weighted by atomic mass is 32.1. The van der Waals surface area contributed by atoms with Gasteiger partial charge in [-0.2, -0.15) is 4.37 Å². The van der Waals surface area contributed by atoms with Crippen LogP contribution in [0, 0.1) is 5.82 Å². The maximum Gasteiger partial charge on any atom is 0.223 e. The molecule has 5 nitrogen and oxygen atoms in total. The Labute approximate surface area is 183 Å². The molecule has 5 rings (SSSR count). The summed E-state index contributed by atoms with van der Waals surface area (Å²) in [6.45, 7) is 2.92. The molecule has 0 spiro atoms. The van der Waals surface area contributed by atoms with Gasteiger partial charge >= 0.3 is 0 Å². The number of anilines is 1. The van der Waals surface area contributed by atoms with Crippen LogP contribution in [-0.4, -0.2) is 41.4 Å². The summed E-state index contributed by atoms with van der Waals surface area (Å²) in [6.07, 6.45) is 0.883. The van der Waals surface area contributed by atoms with Gasteiger partial charge in [0.15, 0.2) is 0 Å². The van der Waals surface area contributed by atoms with Gasteiger partial charge in [-0.1, -0.05) is 24.3 Å². The Morgan fingerprint density at radius 3 is 2.61 bits per heavy atom. The quantitative estimate of drug-likeness (QED) is 0.444. The lowest BCUT2D eigenvalue weighted by molar-refractivity contribution is -0.131. The van der Waals surface area contributed by atoms with Crippen molar-refractivity contribution in [1.29, 1.82) is 0 Å². The van der Waals surface area contributed by atoms with Gasteiger partial charge in [0.25, 0.3) is 0 Å². The molecule has 0 atom stereocenters. The van der Waals surface area contributed by atoms with Gasteiger partial charge in [0.1, 0.15) is 23.2 Å². The van der Waals surface area contributed by atoms with Gasteiger partial charge in [-0.05, 0) is 47.9 Å². The van der Waals surface area contributed by atoms with Gasteiger partial charge in [-0.25, -0.2) is 4.39 Å². The van der Waals surface area contributed by atoms with Crippen molar-refractivity contribution in [1.82, 2.24) is 9.27 Å². The second-order valence-corrected chi connectivity index (χ2v) is 8.42. The number of rotatable bonds is 5. The average molecular weight is 436 g/mol. The van der Waals surface area contributed by atoms with Crippen molar-refractivity contribution in [2.75, 3.05) is 31.1 Å². The number of aryl methyl sites for hydroxylation is 1. The molecular formula is C24H22FN3O2S. The van der Waals surface area contributed by atoms with E-state index in [1.165, 1.54) is 27.7 Å². The number of fused-ring (bicyclic) bond motifs is 1. The molecule has 0 aliphatic carbocycles. The van der Waals surface area contributed by atoms with E-state index in [1.807, 2.05) is 23.1 Å². The molecule has 3 heterocycles. The number of furan rings is 1. The topological polar surface area (TPSA) is 49.6 Å². The molecule has 0 N–H and O–H groups in total. The minimum Gasteiger partial charge on any atom is -0.461 e. The molecule has 0 radical (unpaired) electrons. The first-order valence-corrected chi connectivity index (χ1v) is 11.2. The Kier molecular flexibility index (Phi) is 5.42. The van der Waals surface area contributed by atoms with Gasteiger partial charge in [0, 0.05) is 44.4 Å². The zero-order chi connectivity index (χ0) is 21.2. The number of carbonyl (C=O) groups excluding carboxylic acids is 1. The predicted molar refractivity (Wildman–Crippen MR) is 121 cm³/mol. The van der Waals surface area contributed by atoms with E-state index in [0.29, 0.717) is 43.0 Å². The smallest absolute Gasteiger partial charge is 0.223 e. The van der Waals surface area contributed by atoms with E-state index in [1.54, 1.807) is 24.3 Å². The summed E-state index contributed by atoms with van der Waals surface area (Å²) in [5.41, 5.74) is 0.436. The highest BCUT2D eigenvalue weighted by Crippen LogP contribution is 2.30. The molecule has 0 bridgehead atoms. The number of carbonyl (C=O) groups is 1. The van der Waals surface area contributed by atoms with Crippen molar-refractivity contribution in [3.63, 3.8) is 0 Å². The van der Waals surface area contributed by atoms with Crippen LogP contribution in [0.4, 0.5) is 10.2 Å². The van der Waals surface area contributed by atoms with Crippen molar-refractivity contribution in [3.8, 4) is 11.3 Å². The van der Waals surface area contributed by atoms with Crippen LogP contribution in [0.3, 0.4) is 0 Å². The summed E-state index contributed by atoms with van der Waals surface area (Å²) in [5, 5.41) is 1.18. The van der Waals surface area contributed by atoms with E-state index in [0.717, 1.165) is 18.9 Å². The van der Waals surface area contributed by atoms with Crippen LogP contribution in [0.1, 0.15) is 12.2 Å². The summed E-state index contributed by atoms with van der Waals surface area (Å²) < 4.78 is 25.5. The van der Waals surface area contributed by atoms with Gasteiger partial charge in [-0.3, -0.25) is 4.79 Å². The van der Waals surface area contributed by atoms with E-state index >= 15 is 0 Å². The SMILES string of the molecule is O=C(CCc1ccc(-c2ccccc2F)o1)N1CCN(c2nsc3ccccc23)CC1. The van der Waals surface area contributed by atoms with E-state index < -0.39 is 0 Å². The second-order valence-electron chi connectivity index (χ2n) is 7.62. The number of benzene rings is 2. The number of nitrogens with zero attached hydrogens (tertiary/aromatic N) is 3. The van der Waals surface area contributed by atoms with Gasteiger partial charge in [0.2, 0.25) is 5.91 Å². The molecule has 1 saturated heterocycles. The Morgan fingerprint density at radius 1 is 1.00 bits per heavy atom. The number of aromatic nitrogens is 1. The highest BCUT2D eigenvalue weighted by Gasteiger charge is 2.23. The Morgan fingerprint density at radius 2 is 1.77 bits per heavy atom. The molecule has 1 aliphatic heterocycles. The van der Waals surface area contributed by atoms with Gasteiger partial charge in [0.05, 0.1) is 10.3 Å². The normalized spacial score (nSPS) is 14.4. The highest BCUT2D eigenvalue weighted by molar-refractivity contribution is 7.13. The Hall–Kier alpha value is -3.19. The lowest BCUT2D eigenvalue weighted by atomic mass is 10.1. The van der Waals surface area contributed by atoms with Crippen molar-refractivity contribution in [2.24, 2.45) is 0 Å². The minimum atomic E-state index is -0.315. The molecule has 2 aromatic heterocycles. The second kappa shape index (κ2) is 8.51. The third-order valence-electron chi connectivity index (χ3n) is 5.68. The Balaban J connectivity index is 1.16. The molecule has 1 amide bonds. The van der Waals surface area contributed by atoms with Crippen LogP contribution >= 0.6 is 11.5 Å². The first-order valence-electron chi connectivity index (χ1n) is 10.4. The molecular weight excluding hydrogens is 413 g/mol. The maximum atomic E-state index is 13.9. The standard InChI is InChI=1S/C24H22FN3O2S/c25-20-7-3-1-5-18(20)21-11-9-17(30-21)10-12-23(29)27-13-15-28(16-14-27)24-19-6-2-4-8-22(19)31-26-24/h1-9,11H,10,12-16H2. The summed E-state index contributed by atoms with van der Waals surface area (Å²) in [5.74, 6) is 2.00. The third kappa shape index (κ3) is 4.05. The third-order valence-corrected chi connectivity index (χ3v) is 6.49. The fourth-order valence-corrected chi connectivity index (χ4v) is 4.77. The maximum absolute atomic E-state index is 13.9. The number of amides is 1. The lowest BCUT2D eigenvalue weighted by Crippen LogP contribution is -2.49. The monoisotopic (exact) mass is 435 g/mol. The molecule has 0 saturated carbocycles. The van der Waals surface area contributed by atoms with E-state index in [2.05, 4.69) is 21.4 Å². The number of piperazine rings is 1. The summed E-state index contributed by atoms with van der Waals surface area (Å²) in [7, 11) is 0. The summed E-state index contributed by atoms with van der Waals surface area (Å²) in [6, 6.07) is 18.4. The molecule has 1 aliphatic rings. The lowest BCUT2D eigenvalue weighted by Gasteiger charge is -2.35. The predicted octanol–water partition coefficient (Wildman–Crippen LogP) is 4.98. The van der Waals surface area contributed by atoms with Crippen LogP contribution in [0.5, 0.6) is 0 Å². The van der Waals surface area contributed by atoms with Gasteiger partial charge in [-0.15, -0.1) is 0 Å². The molecule has 1 fully saturated rings. The summed E-state index contributed by atoms with van der Waals surface area (Å²) >= 11 is 1.52. The first-order chi connectivity index (χ1) is 15.2. The molecule has 0 unspecified atom stereocenters. The molecule has 4 aromatic rings. The zero-order valence-corrected chi connectivity index (χ0v) is 17.8. The first kappa shape index (κ1) is 19.8. The fraction of sp³-hybridized carbons (Fsp3) is 0.250. The minimum absolute atomic E-state index is 0.117. The van der Waals surface area contributed by atoms with Crippen molar-refractivity contribution < 1.29 is 13.6 Å². The van der Waals surface area contributed by atoms with Crippen LogP contribution in [-0.2, 0) is 11.2 Å². The zero-order valence-electron chi connectivity index (χ0n) is 17.0. The summed E-state index contributed by atoms with van der Waals surface area (Å²) in [4.78, 5) is 16.9. The van der Waals surface area contributed by atoms with Crippen molar-refractivity contribution in [2.45, 2.75) is 12.8 Å². The van der Waals surface area contributed by atoms with Crippen molar-refractivity contribution in [3.05, 3.63) is 72.2 Å². The van der Waals surface area contributed by atoms with E-state index in [9.17, 15) is 9.18 Å². The van der Waals surface area contributed by atoms with E-state index in [-0.39, 0.29) is 11.7 Å². The molecule has 31 heavy (non-hydrogen) atoms. The number of hydrogen-bond donors (Lipinski definition) is 0. The van der Waals surface area contributed by atoms with Crippen LogP contribution in [0.25, 0.3) is 21.4 Å². The van der Waals surface area contributed by atoms with Gasteiger partial charge < -0.3 is 14.2 Å². The molecule has 2 aromatic carbocycles. The van der Waals surface area contributed by atoms with Crippen LogP contribution in [0.2, 0.25) is 0 Å². The fourth-order valence-electron chi connectivity index (χ4n) is 3.97. The number of halogens is 1. The largest absolute Gasteiger partial charge is 0.461 e. The Bertz CT molecular complexity index is 1210. The van der Waals surface area contributed by atoms with Crippen LogP contribution < -0.4 is 4.90 Å². The van der Waals surface area contributed by atoms with Crippen LogP contribution in [0.15, 0.2) is 65.1 Å². The van der Waals surface area contributed by atoms with Crippen molar-refractivity contribution >= 4 is 33.3 Å². The molecule has 158 valence electrons. The average Bonchev–Trinajstić information content (AvgIpc) is 3.45. The van der Waals surface area contributed by atoms with E-state index in [4.69, 9.17) is 4.42 Å².